The summed E-state index contributed by atoms with van der Waals surface area (Å²) in [5, 5.41) is 0. The van der Waals surface area contributed by atoms with E-state index in [2.05, 4.69) is 8.75 Å². The summed E-state index contributed by atoms with van der Waals surface area (Å²) in [6.45, 7) is 3.72. The maximum Gasteiger partial charge on any atom is 0.132 e. The number of fused-ring (bicyclic) bond motifs is 1. The zero-order valence-corrected chi connectivity index (χ0v) is 22.3. The second kappa shape index (κ2) is 9.02. The Hall–Kier alpha value is -3.66. The van der Waals surface area contributed by atoms with Gasteiger partial charge in [-0.1, -0.05) is 24.3 Å². The van der Waals surface area contributed by atoms with Crippen molar-refractivity contribution >= 4 is 56.8 Å². The molecule has 0 aliphatic carbocycles. The van der Waals surface area contributed by atoms with Gasteiger partial charge in [-0.3, -0.25) is 0 Å². The molecule has 0 aliphatic rings. The van der Waals surface area contributed by atoms with Gasteiger partial charge in [-0.15, -0.1) is 22.7 Å². The van der Waals surface area contributed by atoms with Crippen molar-refractivity contribution in [3.63, 3.8) is 0 Å². The van der Waals surface area contributed by atoms with Crippen molar-refractivity contribution in [3.8, 4) is 41.8 Å². The number of benzene rings is 3. The van der Waals surface area contributed by atoms with Gasteiger partial charge in [-0.2, -0.15) is 8.75 Å². The van der Waals surface area contributed by atoms with Crippen molar-refractivity contribution in [3.05, 3.63) is 83.4 Å². The van der Waals surface area contributed by atoms with Crippen LogP contribution in [0.3, 0.4) is 0 Å². The summed E-state index contributed by atoms with van der Waals surface area (Å²) in [4.78, 5) is 3.23. The predicted molar refractivity (Wildman–Crippen MR) is 153 cm³/mol. The largest absolute Gasteiger partial charge is 0.396 e. The average Bonchev–Trinajstić information content (AvgIpc) is 3.62. The standard InChI is InChI=1S/C28H20F2N4S3/c1-13-3-5-15(17(29)11-13)19-7-9-21(35-19)23-25(31)26(32)24(28-27(23)33-37-34-28)22-10-8-20(36-22)16-6-4-14(2)12-18(16)30/h3-12H,31-32H2,1-2H3. The molecule has 0 aliphatic heterocycles. The molecule has 4 N–H and O–H groups in total. The number of halogens is 2. The number of aryl methyl sites for hydroxylation is 2. The maximum absolute atomic E-state index is 14.6. The molecule has 9 heteroatoms. The van der Waals surface area contributed by atoms with Gasteiger partial charge in [-0.05, 0) is 61.4 Å². The Labute approximate surface area is 224 Å². The number of hydrogen-bond donors (Lipinski definition) is 2. The van der Waals surface area contributed by atoms with E-state index in [1.807, 2.05) is 50.2 Å². The summed E-state index contributed by atoms with van der Waals surface area (Å²) >= 11 is 3.94. The van der Waals surface area contributed by atoms with Crippen LogP contribution in [0.1, 0.15) is 11.1 Å². The van der Waals surface area contributed by atoms with Crippen molar-refractivity contribution in [1.29, 1.82) is 0 Å². The minimum atomic E-state index is -0.268. The third-order valence-corrected chi connectivity index (χ3v) is 9.08. The molecule has 3 heterocycles. The Morgan fingerprint density at radius 2 is 1.00 bits per heavy atom. The second-order valence-corrected chi connectivity index (χ2v) is 11.5. The summed E-state index contributed by atoms with van der Waals surface area (Å²) < 4.78 is 38.4. The summed E-state index contributed by atoms with van der Waals surface area (Å²) in [6.07, 6.45) is 0. The Morgan fingerprint density at radius 3 is 1.41 bits per heavy atom. The van der Waals surface area contributed by atoms with E-state index >= 15 is 0 Å². The van der Waals surface area contributed by atoms with E-state index in [0.717, 1.165) is 42.4 Å². The maximum atomic E-state index is 14.6. The fraction of sp³-hybridized carbons (Fsp3) is 0.0714. The molecule has 0 spiro atoms. The minimum Gasteiger partial charge on any atom is -0.396 e. The van der Waals surface area contributed by atoms with Crippen molar-refractivity contribution in [2.75, 3.05) is 11.5 Å². The highest BCUT2D eigenvalue weighted by atomic mass is 32.1. The van der Waals surface area contributed by atoms with Gasteiger partial charge in [0.25, 0.3) is 0 Å². The first kappa shape index (κ1) is 23.7. The predicted octanol–water partition coefficient (Wildman–Crippen LogP) is 8.54. The molecular formula is C28H20F2N4S3. The molecular weight excluding hydrogens is 527 g/mol. The zero-order chi connectivity index (χ0) is 25.8. The molecule has 3 aromatic carbocycles. The number of aromatic nitrogens is 2. The summed E-state index contributed by atoms with van der Waals surface area (Å²) in [5.74, 6) is -0.537. The lowest BCUT2D eigenvalue weighted by atomic mass is 10.0. The molecule has 4 nitrogen and oxygen atoms in total. The molecule has 0 saturated carbocycles. The number of anilines is 2. The van der Waals surface area contributed by atoms with Crippen LogP contribution < -0.4 is 11.5 Å². The molecule has 0 unspecified atom stereocenters. The molecule has 3 aromatic heterocycles. The van der Waals surface area contributed by atoms with Crippen LogP contribution in [0, 0.1) is 25.5 Å². The van der Waals surface area contributed by atoms with Gasteiger partial charge in [0.1, 0.15) is 22.7 Å². The van der Waals surface area contributed by atoms with E-state index < -0.39 is 0 Å². The first-order valence-electron chi connectivity index (χ1n) is 11.4. The van der Waals surface area contributed by atoms with Crippen LogP contribution in [-0.4, -0.2) is 8.75 Å². The van der Waals surface area contributed by atoms with Crippen LogP contribution in [0.15, 0.2) is 60.7 Å². The van der Waals surface area contributed by atoms with E-state index in [4.69, 9.17) is 11.5 Å². The Bertz CT molecular complexity index is 1690. The molecule has 184 valence electrons. The SMILES string of the molecule is Cc1ccc(-c2ccc(-c3c(N)c(N)c(-c4ccc(-c5ccc(C)cc5F)s4)c4nsnc34)s2)c(F)c1. The van der Waals surface area contributed by atoms with Crippen LogP contribution in [-0.2, 0) is 0 Å². The normalized spacial score (nSPS) is 11.5. The third-order valence-electron chi connectivity index (χ3n) is 6.28. The van der Waals surface area contributed by atoms with E-state index in [0.29, 0.717) is 44.7 Å². The van der Waals surface area contributed by atoms with Crippen LogP contribution in [0.25, 0.3) is 52.8 Å². The lowest BCUT2D eigenvalue weighted by Gasteiger charge is -2.12. The number of hydrogen-bond acceptors (Lipinski definition) is 7. The summed E-state index contributed by atoms with van der Waals surface area (Å²) in [5.41, 5.74) is 19.5. The van der Waals surface area contributed by atoms with Crippen LogP contribution >= 0.6 is 34.4 Å². The van der Waals surface area contributed by atoms with Gasteiger partial charge in [-0.25, -0.2) is 8.78 Å². The first-order chi connectivity index (χ1) is 17.8. The highest BCUT2D eigenvalue weighted by Gasteiger charge is 2.24. The Kier molecular flexibility index (Phi) is 5.78. The topological polar surface area (TPSA) is 77.8 Å². The lowest BCUT2D eigenvalue weighted by Crippen LogP contribution is -2.00. The van der Waals surface area contributed by atoms with Gasteiger partial charge >= 0.3 is 0 Å². The van der Waals surface area contributed by atoms with E-state index in [9.17, 15) is 8.78 Å². The Morgan fingerprint density at radius 1 is 0.595 bits per heavy atom. The molecule has 37 heavy (non-hydrogen) atoms. The number of thiophene rings is 2. The monoisotopic (exact) mass is 546 g/mol. The van der Waals surface area contributed by atoms with Gasteiger partial charge in [0.05, 0.1) is 23.1 Å². The fourth-order valence-electron chi connectivity index (χ4n) is 4.41. The molecule has 0 fully saturated rings. The van der Waals surface area contributed by atoms with E-state index in [-0.39, 0.29) is 11.6 Å². The molecule has 0 atom stereocenters. The molecule has 0 saturated heterocycles. The fourth-order valence-corrected chi connectivity index (χ4v) is 7.16. The summed E-state index contributed by atoms with van der Waals surface area (Å²) in [7, 11) is 0. The lowest BCUT2D eigenvalue weighted by molar-refractivity contribution is 0.630. The highest BCUT2D eigenvalue weighted by molar-refractivity contribution is 7.19. The van der Waals surface area contributed by atoms with E-state index in [1.165, 1.54) is 34.8 Å². The minimum absolute atomic E-state index is 0.268. The second-order valence-electron chi connectivity index (χ2n) is 8.83. The Balaban J connectivity index is 1.47. The molecule has 0 radical (unpaired) electrons. The van der Waals surface area contributed by atoms with Gasteiger partial charge in [0, 0.05) is 41.8 Å². The first-order valence-corrected chi connectivity index (χ1v) is 13.7. The quantitative estimate of drug-likeness (QED) is 0.217. The molecule has 6 aromatic rings. The van der Waals surface area contributed by atoms with E-state index in [1.54, 1.807) is 12.1 Å². The van der Waals surface area contributed by atoms with Crippen LogP contribution in [0.4, 0.5) is 20.2 Å². The van der Waals surface area contributed by atoms with Crippen LogP contribution in [0.5, 0.6) is 0 Å². The summed E-state index contributed by atoms with van der Waals surface area (Å²) in [6, 6.07) is 18.0. The molecule has 0 bridgehead atoms. The molecule has 0 amide bonds. The molecule has 6 rings (SSSR count). The van der Waals surface area contributed by atoms with Crippen molar-refractivity contribution < 1.29 is 8.78 Å². The van der Waals surface area contributed by atoms with Crippen LogP contribution in [0.2, 0.25) is 0 Å². The third kappa shape index (κ3) is 3.99. The van der Waals surface area contributed by atoms with Gasteiger partial charge in [0.2, 0.25) is 0 Å². The number of rotatable bonds is 4. The van der Waals surface area contributed by atoms with Gasteiger partial charge in [0.15, 0.2) is 0 Å². The number of nitrogens with zero attached hydrogens (tertiary/aromatic N) is 2. The van der Waals surface area contributed by atoms with Gasteiger partial charge < -0.3 is 11.5 Å². The zero-order valence-electron chi connectivity index (χ0n) is 19.8. The van der Waals surface area contributed by atoms with Crippen molar-refractivity contribution in [2.24, 2.45) is 0 Å². The average molecular weight is 547 g/mol. The smallest absolute Gasteiger partial charge is 0.132 e. The highest BCUT2D eigenvalue weighted by Crippen LogP contribution is 2.49. The van der Waals surface area contributed by atoms with Crippen molar-refractivity contribution in [1.82, 2.24) is 8.75 Å². The van der Waals surface area contributed by atoms with Crippen molar-refractivity contribution in [2.45, 2.75) is 13.8 Å². The number of nitrogens with two attached hydrogens (primary N) is 2. The number of nitrogen functional groups attached to an aromatic ring is 2.